The van der Waals surface area contributed by atoms with E-state index in [9.17, 15) is 4.79 Å². The number of amides is 1. The third kappa shape index (κ3) is 3.90. The van der Waals surface area contributed by atoms with E-state index >= 15 is 0 Å². The van der Waals surface area contributed by atoms with Crippen molar-refractivity contribution in [3.63, 3.8) is 0 Å². The molecule has 1 aromatic heterocycles. The lowest BCUT2D eigenvalue weighted by Crippen LogP contribution is -2.17. The molecular formula is C18H14Cl2N4O. The highest BCUT2D eigenvalue weighted by atomic mass is 35.5. The first-order valence-electron chi connectivity index (χ1n) is 7.46. The maximum atomic E-state index is 12.0. The average molecular weight is 373 g/mol. The second-order valence-electron chi connectivity index (χ2n) is 5.25. The van der Waals surface area contributed by atoms with Crippen LogP contribution < -0.4 is 5.43 Å². The first-order valence-corrected chi connectivity index (χ1v) is 8.21. The molecule has 1 N–H and O–H groups in total. The number of aromatic nitrogens is 2. The smallest absolute Gasteiger partial charge is 0.267 e. The van der Waals surface area contributed by atoms with Crippen molar-refractivity contribution in [3.8, 4) is 5.69 Å². The van der Waals surface area contributed by atoms with Gasteiger partial charge in [0.2, 0.25) is 0 Å². The zero-order valence-corrected chi connectivity index (χ0v) is 14.8. The van der Waals surface area contributed by atoms with Crippen LogP contribution in [0.15, 0.2) is 59.7 Å². The average Bonchev–Trinajstić information content (AvgIpc) is 2.90. The normalized spacial score (nSPS) is 11.0. The minimum atomic E-state index is -0.358. The lowest BCUT2D eigenvalue weighted by atomic mass is 10.2. The van der Waals surface area contributed by atoms with Crippen LogP contribution in [0.25, 0.3) is 5.69 Å². The molecule has 0 atom stereocenters. The highest BCUT2D eigenvalue weighted by Crippen LogP contribution is 2.21. The fourth-order valence-corrected chi connectivity index (χ4v) is 2.76. The van der Waals surface area contributed by atoms with Gasteiger partial charge >= 0.3 is 0 Å². The molecular weight excluding hydrogens is 359 g/mol. The molecule has 126 valence electrons. The topological polar surface area (TPSA) is 59.3 Å². The van der Waals surface area contributed by atoms with Gasteiger partial charge in [-0.1, -0.05) is 47.5 Å². The standard InChI is InChI=1S/C18H14Cl2N4O/c1-12-16(17(20)24(23-12)15-8-3-2-4-9-15)11-21-22-18(25)13-6-5-7-14(19)10-13/h2-11H,1H3,(H,22,25). The van der Waals surface area contributed by atoms with E-state index in [1.54, 1.807) is 28.9 Å². The molecule has 0 bridgehead atoms. The van der Waals surface area contributed by atoms with Gasteiger partial charge in [0.05, 0.1) is 23.2 Å². The number of hydrogen-bond donors (Lipinski definition) is 1. The number of hydrogen-bond acceptors (Lipinski definition) is 3. The Morgan fingerprint density at radius 1 is 1.16 bits per heavy atom. The van der Waals surface area contributed by atoms with E-state index in [2.05, 4.69) is 15.6 Å². The van der Waals surface area contributed by atoms with E-state index in [1.807, 2.05) is 37.3 Å². The Hall–Kier alpha value is -2.63. The van der Waals surface area contributed by atoms with Crippen LogP contribution in [0.2, 0.25) is 10.2 Å². The van der Waals surface area contributed by atoms with Crippen molar-refractivity contribution in [1.82, 2.24) is 15.2 Å². The molecule has 0 radical (unpaired) electrons. The SMILES string of the molecule is Cc1nn(-c2ccccc2)c(Cl)c1C=NNC(=O)c1cccc(Cl)c1. The number of benzene rings is 2. The molecule has 7 heteroatoms. The largest absolute Gasteiger partial charge is 0.271 e. The second kappa shape index (κ2) is 7.51. The van der Waals surface area contributed by atoms with Gasteiger partial charge in [-0.2, -0.15) is 10.2 Å². The van der Waals surface area contributed by atoms with Crippen LogP contribution >= 0.6 is 23.2 Å². The number of para-hydroxylation sites is 1. The maximum absolute atomic E-state index is 12.0. The quantitative estimate of drug-likeness (QED) is 0.549. The van der Waals surface area contributed by atoms with E-state index in [0.29, 0.717) is 27.0 Å². The zero-order valence-electron chi connectivity index (χ0n) is 13.3. The van der Waals surface area contributed by atoms with Crippen molar-refractivity contribution >= 4 is 35.3 Å². The number of nitrogens with one attached hydrogen (secondary N) is 1. The van der Waals surface area contributed by atoms with Gasteiger partial charge in [-0.05, 0) is 37.3 Å². The number of rotatable bonds is 4. The number of hydrazone groups is 1. The summed E-state index contributed by atoms with van der Waals surface area (Å²) < 4.78 is 1.62. The van der Waals surface area contributed by atoms with E-state index < -0.39 is 0 Å². The maximum Gasteiger partial charge on any atom is 0.271 e. The number of nitrogens with zero attached hydrogens (tertiary/aromatic N) is 3. The Morgan fingerprint density at radius 3 is 2.64 bits per heavy atom. The molecule has 1 amide bonds. The van der Waals surface area contributed by atoms with Gasteiger partial charge in [0, 0.05) is 10.6 Å². The summed E-state index contributed by atoms with van der Waals surface area (Å²) in [5, 5.41) is 9.29. The summed E-state index contributed by atoms with van der Waals surface area (Å²) in [5.41, 5.74) is 5.06. The van der Waals surface area contributed by atoms with Crippen LogP contribution in [0.5, 0.6) is 0 Å². The molecule has 0 unspecified atom stereocenters. The second-order valence-corrected chi connectivity index (χ2v) is 6.04. The molecule has 0 aliphatic rings. The van der Waals surface area contributed by atoms with Crippen molar-refractivity contribution in [3.05, 3.63) is 81.6 Å². The molecule has 5 nitrogen and oxygen atoms in total. The molecule has 25 heavy (non-hydrogen) atoms. The lowest BCUT2D eigenvalue weighted by Gasteiger charge is -2.02. The Bertz CT molecular complexity index is 936. The van der Waals surface area contributed by atoms with Crippen LogP contribution in [0, 0.1) is 6.92 Å². The Morgan fingerprint density at radius 2 is 1.92 bits per heavy atom. The first kappa shape index (κ1) is 17.2. The lowest BCUT2D eigenvalue weighted by molar-refractivity contribution is 0.0955. The van der Waals surface area contributed by atoms with E-state index in [4.69, 9.17) is 23.2 Å². The number of halogens is 2. The summed E-state index contributed by atoms with van der Waals surface area (Å²) in [7, 11) is 0. The molecule has 2 aromatic carbocycles. The summed E-state index contributed by atoms with van der Waals surface area (Å²) in [5.74, 6) is -0.358. The molecule has 3 aromatic rings. The predicted octanol–water partition coefficient (Wildman–Crippen LogP) is 4.25. The predicted molar refractivity (Wildman–Crippen MR) is 99.8 cm³/mol. The number of carbonyl (C=O) groups excluding carboxylic acids is 1. The fourth-order valence-electron chi connectivity index (χ4n) is 2.25. The monoisotopic (exact) mass is 372 g/mol. The Labute approximate surface area is 154 Å². The highest BCUT2D eigenvalue weighted by Gasteiger charge is 2.13. The van der Waals surface area contributed by atoms with E-state index in [0.717, 1.165) is 5.69 Å². The number of carbonyl (C=O) groups is 1. The molecule has 0 saturated carbocycles. The van der Waals surface area contributed by atoms with Gasteiger partial charge < -0.3 is 0 Å². The van der Waals surface area contributed by atoms with Crippen LogP contribution in [0.3, 0.4) is 0 Å². The summed E-state index contributed by atoms with van der Waals surface area (Å²) in [6, 6.07) is 16.2. The minimum Gasteiger partial charge on any atom is -0.267 e. The Kier molecular flexibility index (Phi) is 5.16. The molecule has 0 spiro atoms. The van der Waals surface area contributed by atoms with Gasteiger partial charge in [-0.25, -0.2) is 10.1 Å². The van der Waals surface area contributed by atoms with Gasteiger partial charge in [0.1, 0.15) is 5.15 Å². The molecule has 0 fully saturated rings. The summed E-state index contributed by atoms with van der Waals surface area (Å²) in [6.07, 6.45) is 1.48. The van der Waals surface area contributed by atoms with Crippen molar-refractivity contribution in [2.45, 2.75) is 6.92 Å². The molecule has 1 heterocycles. The third-order valence-corrected chi connectivity index (χ3v) is 4.09. The van der Waals surface area contributed by atoms with Crippen LogP contribution in [-0.2, 0) is 0 Å². The van der Waals surface area contributed by atoms with E-state index in [1.165, 1.54) is 6.21 Å². The number of aryl methyl sites for hydroxylation is 1. The molecule has 0 aliphatic heterocycles. The molecule has 0 saturated heterocycles. The van der Waals surface area contributed by atoms with Crippen molar-refractivity contribution < 1.29 is 4.79 Å². The van der Waals surface area contributed by atoms with Gasteiger partial charge in [0.15, 0.2) is 0 Å². The van der Waals surface area contributed by atoms with Gasteiger partial charge in [0.25, 0.3) is 5.91 Å². The van der Waals surface area contributed by atoms with Crippen LogP contribution in [-0.4, -0.2) is 21.9 Å². The van der Waals surface area contributed by atoms with Crippen molar-refractivity contribution in [2.75, 3.05) is 0 Å². The van der Waals surface area contributed by atoms with Crippen molar-refractivity contribution in [2.24, 2.45) is 5.10 Å². The van der Waals surface area contributed by atoms with Crippen LogP contribution in [0.4, 0.5) is 0 Å². The van der Waals surface area contributed by atoms with Crippen molar-refractivity contribution in [1.29, 1.82) is 0 Å². The highest BCUT2D eigenvalue weighted by molar-refractivity contribution is 6.32. The first-order chi connectivity index (χ1) is 12.1. The summed E-state index contributed by atoms with van der Waals surface area (Å²) in [6.45, 7) is 1.82. The van der Waals surface area contributed by atoms with Gasteiger partial charge in [-0.15, -0.1) is 0 Å². The Balaban J connectivity index is 1.78. The molecule has 0 aliphatic carbocycles. The molecule has 3 rings (SSSR count). The fraction of sp³-hybridized carbons (Fsp3) is 0.0556. The van der Waals surface area contributed by atoms with Crippen LogP contribution in [0.1, 0.15) is 21.6 Å². The summed E-state index contributed by atoms with van der Waals surface area (Å²) in [4.78, 5) is 12.0. The van der Waals surface area contributed by atoms with Gasteiger partial charge in [-0.3, -0.25) is 4.79 Å². The minimum absolute atomic E-state index is 0.358. The van der Waals surface area contributed by atoms with E-state index in [-0.39, 0.29) is 5.91 Å². The summed E-state index contributed by atoms with van der Waals surface area (Å²) >= 11 is 12.3. The third-order valence-electron chi connectivity index (χ3n) is 3.50. The zero-order chi connectivity index (χ0) is 17.8.